The number of hydrogen-bond donors (Lipinski definition) is 1. The van der Waals surface area contributed by atoms with Gasteiger partial charge in [-0.1, -0.05) is 29.8 Å². The molecule has 0 bridgehead atoms. The minimum Gasteiger partial charge on any atom is -0.479 e. The average Bonchev–Trinajstić information content (AvgIpc) is 2.48. The van der Waals surface area contributed by atoms with Crippen LogP contribution in [0.5, 0.6) is 5.75 Å². The molecule has 1 aliphatic heterocycles. The summed E-state index contributed by atoms with van der Waals surface area (Å²) in [6.07, 6.45) is -0.446. The van der Waals surface area contributed by atoms with E-state index in [1.54, 1.807) is 6.92 Å². The maximum Gasteiger partial charge on any atom is 0.265 e. The number of benzene rings is 2. The molecule has 0 saturated heterocycles. The molecule has 0 aliphatic carbocycles. The first-order valence-electron chi connectivity index (χ1n) is 7.55. The molecule has 1 N–H and O–H groups in total. The molecule has 0 fully saturated rings. The lowest BCUT2D eigenvalue weighted by atomic mass is 10.1. The quantitative estimate of drug-likeness (QED) is 0.929. The van der Waals surface area contributed by atoms with Gasteiger partial charge in [0.05, 0.1) is 5.69 Å². The Labute approximate surface area is 141 Å². The highest BCUT2D eigenvalue weighted by atomic mass is 35.5. The smallest absolute Gasteiger partial charge is 0.265 e. The van der Waals surface area contributed by atoms with Gasteiger partial charge in [-0.2, -0.15) is 0 Å². The molecule has 3 rings (SSSR count). The number of nitrogens with zero attached hydrogens (tertiary/aromatic N) is 1. The Morgan fingerprint density at radius 3 is 2.65 bits per heavy atom. The van der Waals surface area contributed by atoms with E-state index in [1.165, 1.54) is 5.56 Å². The van der Waals surface area contributed by atoms with Gasteiger partial charge in [0, 0.05) is 18.1 Å². The first-order valence-corrected chi connectivity index (χ1v) is 7.92. The lowest BCUT2D eigenvalue weighted by Crippen LogP contribution is -2.34. The van der Waals surface area contributed by atoms with Gasteiger partial charge in [0.25, 0.3) is 5.91 Å². The number of carbonyl (C=O) groups is 1. The maximum atomic E-state index is 11.7. The number of nitrogens with one attached hydrogen (secondary N) is 1. The zero-order valence-electron chi connectivity index (χ0n) is 13.2. The normalized spacial score (nSPS) is 16.7. The number of amides is 1. The molecular formula is C18H19ClN2O2. The minimum atomic E-state index is -0.446. The highest BCUT2D eigenvalue weighted by Crippen LogP contribution is 2.30. The van der Waals surface area contributed by atoms with E-state index in [2.05, 4.69) is 23.3 Å². The van der Waals surface area contributed by atoms with Crippen LogP contribution >= 0.6 is 11.6 Å². The molecule has 2 aromatic carbocycles. The van der Waals surface area contributed by atoms with Crippen LogP contribution in [-0.4, -0.2) is 24.0 Å². The molecule has 120 valence electrons. The van der Waals surface area contributed by atoms with Crippen LogP contribution in [0.4, 0.5) is 5.69 Å². The second-order valence-corrected chi connectivity index (χ2v) is 6.32. The monoisotopic (exact) mass is 330 g/mol. The molecule has 0 saturated carbocycles. The molecule has 2 aromatic rings. The van der Waals surface area contributed by atoms with Crippen molar-refractivity contribution in [3.8, 4) is 5.75 Å². The number of halogens is 1. The van der Waals surface area contributed by atoms with Crippen molar-refractivity contribution in [2.75, 3.05) is 12.4 Å². The summed E-state index contributed by atoms with van der Waals surface area (Å²) in [5.41, 5.74) is 3.02. The van der Waals surface area contributed by atoms with Crippen LogP contribution < -0.4 is 10.1 Å². The van der Waals surface area contributed by atoms with Crippen molar-refractivity contribution in [3.63, 3.8) is 0 Å². The Balaban J connectivity index is 1.68. The summed E-state index contributed by atoms with van der Waals surface area (Å²) in [5, 5.41) is 3.63. The number of fused-ring (bicyclic) bond motifs is 1. The fourth-order valence-corrected chi connectivity index (χ4v) is 2.88. The van der Waals surface area contributed by atoms with Crippen molar-refractivity contribution in [1.82, 2.24) is 4.90 Å². The second-order valence-electron chi connectivity index (χ2n) is 5.88. The largest absolute Gasteiger partial charge is 0.479 e. The summed E-state index contributed by atoms with van der Waals surface area (Å²) in [5.74, 6) is 0.611. The van der Waals surface area contributed by atoms with E-state index in [1.807, 2.05) is 36.4 Å². The maximum absolute atomic E-state index is 11.7. The van der Waals surface area contributed by atoms with Gasteiger partial charge in [0.15, 0.2) is 6.10 Å². The summed E-state index contributed by atoms with van der Waals surface area (Å²) < 4.78 is 5.57. The summed E-state index contributed by atoms with van der Waals surface area (Å²) in [6.45, 7) is 3.31. The summed E-state index contributed by atoms with van der Waals surface area (Å²) >= 11 is 6.02. The third-order valence-corrected chi connectivity index (χ3v) is 4.00. The number of rotatable bonds is 4. The third kappa shape index (κ3) is 3.84. The van der Waals surface area contributed by atoms with Crippen molar-refractivity contribution >= 4 is 23.2 Å². The van der Waals surface area contributed by atoms with Gasteiger partial charge < -0.3 is 10.1 Å². The SMILES string of the molecule is CC1Oc2ccc(CN(C)Cc3cccc(Cl)c3)cc2NC1=O. The van der Waals surface area contributed by atoms with Crippen LogP contribution in [0, 0.1) is 0 Å². The Morgan fingerprint density at radius 2 is 1.91 bits per heavy atom. The van der Waals surface area contributed by atoms with E-state index in [9.17, 15) is 4.79 Å². The van der Waals surface area contributed by atoms with Gasteiger partial charge in [0.1, 0.15) is 5.75 Å². The van der Waals surface area contributed by atoms with Crippen LogP contribution in [0.1, 0.15) is 18.1 Å². The van der Waals surface area contributed by atoms with E-state index in [0.29, 0.717) is 0 Å². The number of carbonyl (C=O) groups excluding carboxylic acids is 1. The molecule has 1 aliphatic rings. The number of anilines is 1. The molecule has 23 heavy (non-hydrogen) atoms. The first-order chi connectivity index (χ1) is 11.0. The molecule has 0 aromatic heterocycles. The summed E-state index contributed by atoms with van der Waals surface area (Å²) in [4.78, 5) is 13.9. The van der Waals surface area contributed by atoms with Crippen molar-refractivity contribution < 1.29 is 9.53 Å². The number of hydrogen-bond acceptors (Lipinski definition) is 3. The molecular weight excluding hydrogens is 312 g/mol. The Hall–Kier alpha value is -2.04. The standard InChI is InChI=1S/C18H19ClN2O2/c1-12-18(22)20-16-9-14(6-7-17(16)23-12)11-21(2)10-13-4-3-5-15(19)8-13/h3-9,12H,10-11H2,1-2H3,(H,20,22). The van der Waals surface area contributed by atoms with Gasteiger partial charge in [-0.15, -0.1) is 0 Å². The molecule has 1 unspecified atom stereocenters. The van der Waals surface area contributed by atoms with Gasteiger partial charge in [-0.25, -0.2) is 0 Å². The molecule has 0 spiro atoms. The van der Waals surface area contributed by atoms with Gasteiger partial charge >= 0.3 is 0 Å². The fraction of sp³-hybridized carbons (Fsp3) is 0.278. The van der Waals surface area contributed by atoms with Crippen molar-refractivity contribution in [3.05, 3.63) is 58.6 Å². The van der Waals surface area contributed by atoms with E-state index in [0.717, 1.165) is 35.1 Å². The lowest BCUT2D eigenvalue weighted by Gasteiger charge is -2.24. The average molecular weight is 331 g/mol. The predicted molar refractivity (Wildman–Crippen MR) is 91.8 cm³/mol. The van der Waals surface area contributed by atoms with Crippen molar-refractivity contribution in [2.24, 2.45) is 0 Å². The summed E-state index contributed by atoms with van der Waals surface area (Å²) in [7, 11) is 2.05. The van der Waals surface area contributed by atoms with E-state index < -0.39 is 6.10 Å². The van der Waals surface area contributed by atoms with Crippen LogP contribution in [-0.2, 0) is 17.9 Å². The summed E-state index contributed by atoms with van der Waals surface area (Å²) in [6, 6.07) is 13.8. The third-order valence-electron chi connectivity index (χ3n) is 3.77. The Kier molecular flexibility index (Phi) is 4.55. The highest BCUT2D eigenvalue weighted by molar-refractivity contribution is 6.30. The lowest BCUT2D eigenvalue weighted by molar-refractivity contribution is -0.122. The van der Waals surface area contributed by atoms with E-state index >= 15 is 0 Å². The van der Waals surface area contributed by atoms with E-state index in [4.69, 9.17) is 16.3 Å². The van der Waals surface area contributed by atoms with Crippen LogP contribution in [0.3, 0.4) is 0 Å². The minimum absolute atomic E-state index is 0.109. The van der Waals surface area contributed by atoms with Gasteiger partial charge in [0.2, 0.25) is 0 Å². The van der Waals surface area contributed by atoms with Crippen LogP contribution in [0.15, 0.2) is 42.5 Å². The molecule has 1 heterocycles. The molecule has 1 atom stereocenters. The topological polar surface area (TPSA) is 41.6 Å². The van der Waals surface area contributed by atoms with Crippen molar-refractivity contribution in [2.45, 2.75) is 26.1 Å². The number of ether oxygens (including phenoxy) is 1. The van der Waals surface area contributed by atoms with Crippen LogP contribution in [0.25, 0.3) is 0 Å². The molecule has 4 nitrogen and oxygen atoms in total. The highest BCUT2D eigenvalue weighted by Gasteiger charge is 2.23. The fourth-order valence-electron chi connectivity index (χ4n) is 2.67. The van der Waals surface area contributed by atoms with Gasteiger partial charge in [-0.3, -0.25) is 9.69 Å². The molecule has 1 amide bonds. The second kappa shape index (κ2) is 6.60. The van der Waals surface area contributed by atoms with Gasteiger partial charge in [-0.05, 0) is 49.4 Å². The van der Waals surface area contributed by atoms with E-state index in [-0.39, 0.29) is 5.91 Å². The Bertz CT molecular complexity index is 733. The predicted octanol–water partition coefficient (Wildman–Crippen LogP) is 3.69. The van der Waals surface area contributed by atoms with Crippen LogP contribution in [0.2, 0.25) is 5.02 Å². The Morgan fingerprint density at radius 1 is 1.17 bits per heavy atom. The molecule has 5 heteroatoms. The molecule has 0 radical (unpaired) electrons. The zero-order valence-corrected chi connectivity index (χ0v) is 13.9. The van der Waals surface area contributed by atoms with Crippen molar-refractivity contribution in [1.29, 1.82) is 0 Å². The zero-order chi connectivity index (χ0) is 16.4. The first kappa shape index (κ1) is 15.8.